The fourth-order valence-corrected chi connectivity index (χ4v) is 3.27. The highest BCUT2D eigenvalue weighted by atomic mass is 16.3. The normalized spacial score (nSPS) is 10.9. The highest BCUT2D eigenvalue weighted by molar-refractivity contribution is 5.96. The first-order chi connectivity index (χ1) is 14.3. The Balaban J connectivity index is 1.48. The van der Waals surface area contributed by atoms with Crippen LogP contribution in [0.25, 0.3) is 11.1 Å². The molecule has 0 radical (unpaired) electrons. The van der Waals surface area contributed by atoms with E-state index < -0.39 is 0 Å². The highest BCUT2D eigenvalue weighted by Crippen LogP contribution is 2.27. The molecule has 0 spiro atoms. The molecule has 0 aliphatic carbocycles. The van der Waals surface area contributed by atoms with Crippen LogP contribution in [0, 0.1) is 0 Å². The molecule has 0 bridgehead atoms. The first-order valence-electron chi connectivity index (χ1n) is 9.49. The molecule has 0 unspecified atom stereocenters. The lowest BCUT2D eigenvalue weighted by Gasteiger charge is -2.20. The standard InChI is InChI=1S/C24H22N2O3/c27-24(25-23-13-5-4-12-22(23)19-8-2-1-3-9-19)18-26(16-20-10-6-14-28-20)17-21-11-7-15-29-21/h1-15H,16-18H2,(H,25,27). The molecular formula is C24H22N2O3. The topological polar surface area (TPSA) is 58.6 Å². The average molecular weight is 386 g/mol. The molecule has 0 saturated carbocycles. The smallest absolute Gasteiger partial charge is 0.238 e. The first kappa shape index (κ1) is 18.8. The van der Waals surface area contributed by atoms with Crippen molar-refractivity contribution in [2.24, 2.45) is 0 Å². The van der Waals surface area contributed by atoms with Crippen LogP contribution in [0.1, 0.15) is 11.5 Å². The van der Waals surface area contributed by atoms with Gasteiger partial charge in [0.2, 0.25) is 5.91 Å². The minimum Gasteiger partial charge on any atom is -0.468 e. The van der Waals surface area contributed by atoms with Crippen LogP contribution >= 0.6 is 0 Å². The number of carbonyl (C=O) groups is 1. The fourth-order valence-electron chi connectivity index (χ4n) is 3.27. The van der Waals surface area contributed by atoms with Gasteiger partial charge in [-0.25, -0.2) is 0 Å². The van der Waals surface area contributed by atoms with Crippen molar-refractivity contribution >= 4 is 11.6 Å². The lowest BCUT2D eigenvalue weighted by Crippen LogP contribution is -2.32. The molecular weight excluding hydrogens is 364 g/mol. The molecule has 2 heterocycles. The van der Waals surface area contributed by atoms with Gasteiger partial charge in [0, 0.05) is 11.3 Å². The van der Waals surface area contributed by atoms with Crippen LogP contribution in [0.5, 0.6) is 0 Å². The summed E-state index contributed by atoms with van der Waals surface area (Å²) in [6.45, 7) is 1.24. The van der Waals surface area contributed by atoms with Crippen molar-refractivity contribution in [3.63, 3.8) is 0 Å². The van der Waals surface area contributed by atoms with Gasteiger partial charge < -0.3 is 14.2 Å². The van der Waals surface area contributed by atoms with Crippen molar-refractivity contribution in [3.8, 4) is 11.1 Å². The van der Waals surface area contributed by atoms with Crippen molar-refractivity contribution in [2.75, 3.05) is 11.9 Å². The van der Waals surface area contributed by atoms with E-state index >= 15 is 0 Å². The van der Waals surface area contributed by atoms with E-state index in [0.717, 1.165) is 28.3 Å². The third kappa shape index (κ3) is 5.03. The molecule has 0 aliphatic rings. The molecule has 5 heteroatoms. The van der Waals surface area contributed by atoms with Gasteiger partial charge in [-0.2, -0.15) is 0 Å². The van der Waals surface area contributed by atoms with Gasteiger partial charge in [-0.3, -0.25) is 9.69 Å². The second kappa shape index (κ2) is 9.08. The molecule has 146 valence electrons. The maximum atomic E-state index is 12.8. The van der Waals surface area contributed by atoms with Crippen molar-refractivity contribution in [1.29, 1.82) is 0 Å². The van der Waals surface area contributed by atoms with Gasteiger partial charge in [0.1, 0.15) is 11.5 Å². The van der Waals surface area contributed by atoms with E-state index in [2.05, 4.69) is 5.32 Å². The highest BCUT2D eigenvalue weighted by Gasteiger charge is 2.16. The summed E-state index contributed by atoms with van der Waals surface area (Å²) < 4.78 is 10.9. The van der Waals surface area contributed by atoms with Gasteiger partial charge >= 0.3 is 0 Å². The van der Waals surface area contributed by atoms with Gasteiger partial charge in [-0.1, -0.05) is 48.5 Å². The van der Waals surface area contributed by atoms with Crippen LogP contribution in [-0.2, 0) is 17.9 Å². The van der Waals surface area contributed by atoms with E-state index in [-0.39, 0.29) is 12.5 Å². The van der Waals surface area contributed by atoms with Crippen LogP contribution < -0.4 is 5.32 Å². The lowest BCUT2D eigenvalue weighted by molar-refractivity contribution is -0.117. The number of nitrogens with one attached hydrogen (secondary N) is 1. The zero-order valence-electron chi connectivity index (χ0n) is 16.0. The Hall–Kier alpha value is -3.57. The monoisotopic (exact) mass is 386 g/mol. The van der Waals surface area contributed by atoms with Crippen LogP contribution in [0.15, 0.2) is 100 Å². The molecule has 2 aromatic heterocycles. The second-order valence-electron chi connectivity index (χ2n) is 6.76. The van der Waals surface area contributed by atoms with Crippen molar-refractivity contribution in [1.82, 2.24) is 4.90 Å². The maximum absolute atomic E-state index is 12.8. The number of carbonyl (C=O) groups excluding carboxylic acids is 1. The summed E-state index contributed by atoms with van der Waals surface area (Å²) in [5.74, 6) is 1.51. The Morgan fingerprint density at radius 1 is 0.759 bits per heavy atom. The van der Waals surface area contributed by atoms with Gasteiger partial charge in [0.25, 0.3) is 0 Å². The summed E-state index contributed by atoms with van der Waals surface area (Å²) in [5, 5.41) is 3.06. The molecule has 29 heavy (non-hydrogen) atoms. The minimum atomic E-state index is -0.0912. The lowest BCUT2D eigenvalue weighted by atomic mass is 10.0. The quantitative estimate of drug-likeness (QED) is 0.453. The van der Waals surface area contributed by atoms with Crippen molar-refractivity contribution in [3.05, 3.63) is 103 Å². The van der Waals surface area contributed by atoms with Crippen LogP contribution in [0.4, 0.5) is 5.69 Å². The Morgan fingerprint density at radius 3 is 2.00 bits per heavy atom. The molecule has 1 N–H and O–H groups in total. The zero-order chi connectivity index (χ0) is 19.9. The Bertz CT molecular complexity index is 989. The number of nitrogens with zero attached hydrogens (tertiary/aromatic N) is 1. The SMILES string of the molecule is O=C(CN(Cc1ccco1)Cc1ccco1)Nc1ccccc1-c1ccccc1. The van der Waals surface area contributed by atoms with E-state index in [1.165, 1.54) is 0 Å². The van der Waals surface area contributed by atoms with Crippen LogP contribution in [-0.4, -0.2) is 17.4 Å². The van der Waals surface area contributed by atoms with E-state index in [0.29, 0.717) is 13.1 Å². The third-order valence-corrected chi connectivity index (χ3v) is 4.57. The molecule has 1 amide bonds. The summed E-state index contributed by atoms with van der Waals surface area (Å²) in [7, 11) is 0. The summed E-state index contributed by atoms with van der Waals surface area (Å²) in [5.41, 5.74) is 2.84. The molecule has 0 saturated heterocycles. The molecule has 0 atom stereocenters. The van der Waals surface area contributed by atoms with Crippen molar-refractivity contribution in [2.45, 2.75) is 13.1 Å². The molecule has 0 aliphatic heterocycles. The average Bonchev–Trinajstić information content (AvgIpc) is 3.43. The predicted molar refractivity (Wildman–Crippen MR) is 112 cm³/mol. The first-order valence-corrected chi connectivity index (χ1v) is 9.49. The van der Waals surface area contributed by atoms with Gasteiger partial charge in [-0.15, -0.1) is 0 Å². The number of hydrogen-bond acceptors (Lipinski definition) is 4. The molecule has 4 rings (SSSR count). The number of benzene rings is 2. The second-order valence-corrected chi connectivity index (χ2v) is 6.76. The number of rotatable bonds is 8. The van der Waals surface area contributed by atoms with E-state index in [9.17, 15) is 4.79 Å². The van der Waals surface area contributed by atoms with E-state index in [1.54, 1.807) is 12.5 Å². The Kier molecular flexibility index (Phi) is 5.88. The molecule has 4 aromatic rings. The van der Waals surface area contributed by atoms with E-state index in [4.69, 9.17) is 8.83 Å². The maximum Gasteiger partial charge on any atom is 0.238 e. The molecule has 2 aromatic carbocycles. The van der Waals surface area contributed by atoms with Crippen LogP contribution in [0.3, 0.4) is 0 Å². The van der Waals surface area contributed by atoms with Gasteiger partial charge in [0.15, 0.2) is 0 Å². The molecule has 0 fully saturated rings. The van der Waals surface area contributed by atoms with E-state index in [1.807, 2.05) is 83.8 Å². The summed E-state index contributed by atoms with van der Waals surface area (Å²) >= 11 is 0. The largest absolute Gasteiger partial charge is 0.468 e. The number of anilines is 1. The number of hydrogen-bond donors (Lipinski definition) is 1. The van der Waals surface area contributed by atoms with Gasteiger partial charge in [0.05, 0.1) is 32.2 Å². The number of furan rings is 2. The summed E-state index contributed by atoms with van der Waals surface area (Å²) in [4.78, 5) is 14.8. The van der Waals surface area contributed by atoms with Crippen molar-refractivity contribution < 1.29 is 13.6 Å². The zero-order valence-corrected chi connectivity index (χ0v) is 16.0. The Labute approximate surface area is 169 Å². The summed E-state index contributed by atoms with van der Waals surface area (Å²) in [6.07, 6.45) is 3.27. The molecule has 5 nitrogen and oxygen atoms in total. The third-order valence-electron chi connectivity index (χ3n) is 4.57. The Morgan fingerprint density at radius 2 is 1.38 bits per heavy atom. The fraction of sp³-hybridized carbons (Fsp3) is 0.125. The predicted octanol–water partition coefficient (Wildman–Crippen LogP) is 5.18. The van der Waals surface area contributed by atoms with Crippen LogP contribution in [0.2, 0.25) is 0 Å². The number of amides is 1. The number of para-hydroxylation sites is 1. The summed E-state index contributed by atoms with van der Waals surface area (Å²) in [6, 6.07) is 25.3. The van der Waals surface area contributed by atoms with Gasteiger partial charge in [-0.05, 0) is 35.9 Å². The minimum absolute atomic E-state index is 0.0912.